The summed E-state index contributed by atoms with van der Waals surface area (Å²) in [5.41, 5.74) is 2.65. The number of nitrogens with zero attached hydrogens (tertiary/aromatic N) is 1. The largest absolute Gasteiger partial charge is 0.463 e. The molecule has 1 aromatic carbocycles. The zero-order valence-electron chi connectivity index (χ0n) is 10.8. The number of benzene rings is 1. The lowest BCUT2D eigenvalue weighted by molar-refractivity contribution is -0.137. The average molecular weight is 276 g/mol. The minimum absolute atomic E-state index is 0.353. The van der Waals surface area contributed by atoms with Crippen LogP contribution in [0.25, 0.3) is 17.0 Å². The predicted molar refractivity (Wildman–Crippen MR) is 77.2 cm³/mol. The van der Waals surface area contributed by atoms with E-state index in [1.54, 1.807) is 13.0 Å². The van der Waals surface area contributed by atoms with E-state index < -0.39 is 0 Å². The van der Waals surface area contributed by atoms with E-state index in [-0.39, 0.29) is 5.97 Å². The molecule has 0 fully saturated rings. The molecule has 0 aliphatic carbocycles. The molecule has 0 spiro atoms. The fraction of sp³-hybridized carbons (Fsp3) is 0.200. The lowest BCUT2D eigenvalue weighted by Gasteiger charge is -2.04. The molecule has 2 aromatic rings. The Morgan fingerprint density at radius 2 is 2.26 bits per heavy atom. The summed E-state index contributed by atoms with van der Waals surface area (Å²) in [7, 11) is 0. The molecule has 0 N–H and O–H groups in total. The number of ether oxygens (including phenoxy) is 1. The van der Waals surface area contributed by atoms with Crippen molar-refractivity contribution in [3.63, 3.8) is 0 Å². The first-order chi connectivity index (χ1) is 9.11. The van der Waals surface area contributed by atoms with Crippen LogP contribution < -0.4 is 0 Å². The number of esters is 1. The molecule has 0 radical (unpaired) electrons. The summed E-state index contributed by atoms with van der Waals surface area (Å²) in [6.45, 7) is 4.10. The van der Waals surface area contributed by atoms with Crippen molar-refractivity contribution < 1.29 is 9.53 Å². The van der Waals surface area contributed by atoms with Gasteiger partial charge in [0.2, 0.25) is 0 Å². The molecule has 1 heterocycles. The van der Waals surface area contributed by atoms with E-state index in [0.29, 0.717) is 17.3 Å². The molecule has 3 nitrogen and oxygen atoms in total. The summed E-state index contributed by atoms with van der Waals surface area (Å²) in [5.74, 6) is -0.386. The molecule has 2 rings (SSSR count). The third-order valence-corrected chi connectivity index (χ3v) is 3.02. The van der Waals surface area contributed by atoms with Crippen LogP contribution in [0.15, 0.2) is 30.3 Å². The summed E-state index contributed by atoms with van der Waals surface area (Å²) in [6.07, 6.45) is 2.98. The number of aryl methyl sites for hydroxylation is 1. The zero-order chi connectivity index (χ0) is 13.8. The van der Waals surface area contributed by atoms with Crippen LogP contribution >= 0.6 is 11.6 Å². The molecule has 1 aromatic heterocycles. The molecule has 98 valence electrons. The van der Waals surface area contributed by atoms with Crippen molar-refractivity contribution in [1.29, 1.82) is 0 Å². The van der Waals surface area contributed by atoms with Gasteiger partial charge >= 0.3 is 5.97 Å². The minimum Gasteiger partial charge on any atom is -0.463 e. The number of fused-ring (bicyclic) bond motifs is 1. The van der Waals surface area contributed by atoms with Gasteiger partial charge in [0.05, 0.1) is 12.1 Å². The summed E-state index contributed by atoms with van der Waals surface area (Å²) in [4.78, 5) is 15.6. The third kappa shape index (κ3) is 3.12. The Labute approximate surface area is 116 Å². The number of para-hydroxylation sites is 1. The van der Waals surface area contributed by atoms with Gasteiger partial charge in [0, 0.05) is 17.0 Å². The van der Waals surface area contributed by atoms with Crippen LogP contribution in [0.2, 0.25) is 5.15 Å². The van der Waals surface area contributed by atoms with E-state index in [4.69, 9.17) is 16.3 Å². The molecule has 0 saturated carbocycles. The number of rotatable bonds is 3. The number of carbonyl (C=O) groups is 1. The Hall–Kier alpha value is -1.87. The molecule has 0 bridgehead atoms. The Morgan fingerprint density at radius 3 is 3.00 bits per heavy atom. The standard InChI is InChI=1S/C15H14ClNO2/c1-3-19-13(18)8-7-12-9-11-6-4-5-10(2)14(11)17-15(12)16/h4-9H,3H2,1-2H3. The van der Waals surface area contributed by atoms with Gasteiger partial charge in [-0.1, -0.05) is 29.8 Å². The van der Waals surface area contributed by atoms with Gasteiger partial charge in [-0.05, 0) is 31.6 Å². The molecular formula is C15H14ClNO2. The summed E-state index contributed by atoms with van der Waals surface area (Å²) in [5, 5.41) is 1.37. The van der Waals surface area contributed by atoms with Crippen LogP contribution in [0, 0.1) is 6.92 Å². The Balaban J connectivity index is 2.39. The first kappa shape index (κ1) is 13.6. The molecule has 0 aliphatic rings. The Morgan fingerprint density at radius 1 is 1.47 bits per heavy atom. The van der Waals surface area contributed by atoms with Crippen molar-refractivity contribution in [2.75, 3.05) is 6.61 Å². The van der Waals surface area contributed by atoms with Crippen LogP contribution in [-0.4, -0.2) is 17.6 Å². The van der Waals surface area contributed by atoms with Gasteiger partial charge in [0.1, 0.15) is 5.15 Å². The molecule has 0 saturated heterocycles. The van der Waals surface area contributed by atoms with E-state index in [1.165, 1.54) is 6.08 Å². The number of hydrogen-bond acceptors (Lipinski definition) is 3. The number of aromatic nitrogens is 1. The molecule has 0 unspecified atom stereocenters. The quantitative estimate of drug-likeness (QED) is 0.486. The van der Waals surface area contributed by atoms with E-state index >= 15 is 0 Å². The van der Waals surface area contributed by atoms with Gasteiger partial charge in [-0.2, -0.15) is 0 Å². The van der Waals surface area contributed by atoms with Crippen molar-refractivity contribution in [2.24, 2.45) is 0 Å². The SMILES string of the molecule is CCOC(=O)C=Cc1cc2cccc(C)c2nc1Cl. The summed E-state index contributed by atoms with van der Waals surface area (Å²) < 4.78 is 4.82. The van der Waals surface area contributed by atoms with Crippen molar-refractivity contribution >= 4 is 34.5 Å². The third-order valence-electron chi connectivity index (χ3n) is 2.71. The Kier molecular flexibility index (Phi) is 4.17. The highest BCUT2D eigenvalue weighted by Crippen LogP contribution is 2.23. The van der Waals surface area contributed by atoms with Crippen LogP contribution in [0.1, 0.15) is 18.1 Å². The molecular weight excluding hydrogens is 262 g/mol. The van der Waals surface area contributed by atoms with Gasteiger partial charge in [-0.25, -0.2) is 9.78 Å². The second-order valence-corrected chi connectivity index (χ2v) is 4.46. The minimum atomic E-state index is -0.386. The molecule has 0 amide bonds. The van der Waals surface area contributed by atoms with Gasteiger partial charge in [0.25, 0.3) is 0 Å². The summed E-state index contributed by atoms with van der Waals surface area (Å²) in [6, 6.07) is 7.83. The second kappa shape index (κ2) is 5.85. The van der Waals surface area contributed by atoms with Crippen LogP contribution in [-0.2, 0) is 9.53 Å². The van der Waals surface area contributed by atoms with Crippen molar-refractivity contribution in [3.05, 3.63) is 46.6 Å². The number of hydrogen-bond donors (Lipinski definition) is 0. The summed E-state index contributed by atoms with van der Waals surface area (Å²) >= 11 is 6.12. The van der Waals surface area contributed by atoms with Crippen LogP contribution in [0.3, 0.4) is 0 Å². The van der Waals surface area contributed by atoms with Crippen LogP contribution in [0.4, 0.5) is 0 Å². The fourth-order valence-corrected chi connectivity index (χ4v) is 2.01. The number of carbonyl (C=O) groups excluding carboxylic acids is 1. The maximum atomic E-state index is 11.3. The van der Waals surface area contributed by atoms with Gasteiger partial charge < -0.3 is 4.74 Å². The highest BCUT2D eigenvalue weighted by atomic mass is 35.5. The average Bonchev–Trinajstić information content (AvgIpc) is 2.38. The normalized spacial score (nSPS) is 11.1. The fourth-order valence-electron chi connectivity index (χ4n) is 1.81. The molecule has 4 heteroatoms. The Bertz CT molecular complexity index is 650. The smallest absolute Gasteiger partial charge is 0.330 e. The lowest BCUT2D eigenvalue weighted by atomic mass is 10.1. The predicted octanol–water partition coefficient (Wildman–Crippen LogP) is 3.77. The number of halogens is 1. The van der Waals surface area contributed by atoms with E-state index in [1.807, 2.05) is 31.2 Å². The maximum absolute atomic E-state index is 11.3. The first-order valence-corrected chi connectivity index (χ1v) is 6.40. The molecule has 19 heavy (non-hydrogen) atoms. The lowest BCUT2D eigenvalue weighted by Crippen LogP contribution is -1.98. The second-order valence-electron chi connectivity index (χ2n) is 4.10. The first-order valence-electron chi connectivity index (χ1n) is 6.02. The van der Waals surface area contributed by atoms with E-state index in [9.17, 15) is 4.79 Å². The highest BCUT2D eigenvalue weighted by Gasteiger charge is 2.05. The van der Waals surface area contributed by atoms with Gasteiger partial charge in [0.15, 0.2) is 0 Å². The van der Waals surface area contributed by atoms with Crippen molar-refractivity contribution in [1.82, 2.24) is 4.98 Å². The van der Waals surface area contributed by atoms with E-state index in [2.05, 4.69) is 4.98 Å². The van der Waals surface area contributed by atoms with Crippen molar-refractivity contribution in [2.45, 2.75) is 13.8 Å². The van der Waals surface area contributed by atoms with Gasteiger partial charge in [-0.3, -0.25) is 0 Å². The monoisotopic (exact) mass is 275 g/mol. The number of pyridine rings is 1. The van der Waals surface area contributed by atoms with Crippen LogP contribution in [0.5, 0.6) is 0 Å². The van der Waals surface area contributed by atoms with E-state index in [0.717, 1.165) is 16.5 Å². The van der Waals surface area contributed by atoms with Gasteiger partial charge in [-0.15, -0.1) is 0 Å². The zero-order valence-corrected chi connectivity index (χ0v) is 11.6. The van der Waals surface area contributed by atoms with Crippen molar-refractivity contribution in [3.8, 4) is 0 Å². The molecule has 0 aliphatic heterocycles. The maximum Gasteiger partial charge on any atom is 0.330 e. The topological polar surface area (TPSA) is 39.2 Å². The highest BCUT2D eigenvalue weighted by molar-refractivity contribution is 6.31. The molecule has 0 atom stereocenters.